The fourth-order valence-electron chi connectivity index (χ4n) is 0.876. The smallest absolute Gasteiger partial charge is 0.00696 e. The number of hydrogen-bond acceptors (Lipinski definition) is 0. The summed E-state index contributed by atoms with van der Waals surface area (Å²) in [5, 5.41) is 0. The van der Waals surface area contributed by atoms with Crippen LogP contribution in [0.3, 0.4) is 0 Å². The quantitative estimate of drug-likeness (QED) is 0.467. The molecule has 0 aliphatic heterocycles. The van der Waals surface area contributed by atoms with Crippen LogP contribution in [0.15, 0.2) is 29.5 Å². The minimum absolute atomic E-state index is 1.10. The summed E-state index contributed by atoms with van der Waals surface area (Å²) in [7, 11) is 0. The Kier molecular flexibility index (Phi) is 2.35. The van der Waals surface area contributed by atoms with E-state index in [0.717, 1.165) is 12.8 Å². The van der Waals surface area contributed by atoms with Crippen molar-refractivity contribution in [2.75, 3.05) is 0 Å². The molecular formula is C9H12. The molecule has 1 rings (SSSR count). The summed E-state index contributed by atoms with van der Waals surface area (Å²) in [5.41, 5.74) is 4.56. The molecule has 0 saturated heterocycles. The van der Waals surface area contributed by atoms with Crippen LogP contribution in [0, 0.1) is 0 Å². The maximum Gasteiger partial charge on any atom is -0.00696 e. The lowest BCUT2D eigenvalue weighted by Crippen LogP contribution is -1.67. The molecule has 0 heteroatoms. The van der Waals surface area contributed by atoms with Gasteiger partial charge in [-0.25, -0.2) is 0 Å². The van der Waals surface area contributed by atoms with Crippen molar-refractivity contribution in [3.05, 3.63) is 29.5 Å². The molecule has 0 N–H and O–H groups in total. The Hall–Kier alpha value is -0.740. The van der Waals surface area contributed by atoms with E-state index in [9.17, 15) is 0 Å². The van der Waals surface area contributed by atoms with Crippen molar-refractivity contribution in [3.63, 3.8) is 0 Å². The zero-order chi connectivity index (χ0) is 6.53. The molecule has 0 bridgehead atoms. The van der Waals surface area contributed by atoms with Crippen LogP contribution in [0.25, 0.3) is 0 Å². The molecule has 0 nitrogen and oxygen atoms in total. The first-order chi connectivity index (χ1) is 4.43. The highest BCUT2D eigenvalue weighted by molar-refractivity contribution is 5.19. The molecule has 48 valence electrons. The lowest BCUT2D eigenvalue weighted by molar-refractivity contribution is 1.06. The molecule has 0 aromatic rings. The standard InChI is InChI=1S/C9H12/c1-2-9-7-5-3-4-6-8-9/h5-7H,2-4H2,1H3. The molecule has 0 amide bonds. The maximum atomic E-state index is 3.24. The summed E-state index contributed by atoms with van der Waals surface area (Å²) in [6.07, 6.45) is 9.95. The lowest BCUT2D eigenvalue weighted by Gasteiger charge is -1.86. The van der Waals surface area contributed by atoms with Crippen molar-refractivity contribution in [2.45, 2.75) is 26.2 Å². The first kappa shape index (κ1) is 6.38. The molecule has 0 spiro atoms. The van der Waals surface area contributed by atoms with E-state index >= 15 is 0 Å². The maximum absolute atomic E-state index is 3.24. The first-order valence-electron chi connectivity index (χ1n) is 3.54. The fraction of sp³-hybridized carbons (Fsp3) is 0.444. The van der Waals surface area contributed by atoms with Gasteiger partial charge in [-0.3, -0.25) is 0 Å². The SMILES string of the molecule is CCC1=C=CCCC=C1. The third-order valence-corrected chi connectivity index (χ3v) is 1.47. The second-order valence-electron chi connectivity index (χ2n) is 2.21. The van der Waals surface area contributed by atoms with Crippen LogP contribution in [0.2, 0.25) is 0 Å². The fourth-order valence-corrected chi connectivity index (χ4v) is 0.876. The molecular weight excluding hydrogens is 108 g/mol. The van der Waals surface area contributed by atoms with E-state index in [2.05, 4.69) is 30.9 Å². The largest absolute Gasteiger partial charge is 0.122 e. The average molecular weight is 120 g/mol. The minimum atomic E-state index is 1.10. The molecule has 0 atom stereocenters. The van der Waals surface area contributed by atoms with Crippen LogP contribution >= 0.6 is 0 Å². The average Bonchev–Trinajstić information content (AvgIpc) is 2.13. The van der Waals surface area contributed by atoms with Crippen LogP contribution in [-0.4, -0.2) is 0 Å². The number of hydrogen-bond donors (Lipinski definition) is 0. The van der Waals surface area contributed by atoms with Gasteiger partial charge in [0.25, 0.3) is 0 Å². The van der Waals surface area contributed by atoms with Gasteiger partial charge in [0, 0.05) is 0 Å². The van der Waals surface area contributed by atoms with Gasteiger partial charge in [-0.2, -0.15) is 0 Å². The predicted octanol–water partition coefficient (Wildman–Crippen LogP) is 2.83. The Morgan fingerprint density at radius 2 is 2.44 bits per heavy atom. The van der Waals surface area contributed by atoms with Gasteiger partial charge in [-0.15, -0.1) is 5.73 Å². The van der Waals surface area contributed by atoms with E-state index in [1.807, 2.05) is 0 Å². The van der Waals surface area contributed by atoms with E-state index in [4.69, 9.17) is 0 Å². The predicted molar refractivity (Wildman–Crippen MR) is 40.3 cm³/mol. The van der Waals surface area contributed by atoms with Gasteiger partial charge in [0.2, 0.25) is 0 Å². The summed E-state index contributed by atoms with van der Waals surface area (Å²) in [4.78, 5) is 0. The molecule has 0 aromatic heterocycles. The zero-order valence-electron chi connectivity index (χ0n) is 5.85. The molecule has 0 unspecified atom stereocenters. The van der Waals surface area contributed by atoms with E-state index < -0.39 is 0 Å². The molecule has 1 aliphatic carbocycles. The normalized spacial score (nSPS) is 17.2. The number of allylic oxidation sites excluding steroid dienone is 3. The molecule has 0 saturated carbocycles. The Labute approximate surface area is 56.6 Å². The molecule has 1 aliphatic rings. The van der Waals surface area contributed by atoms with Gasteiger partial charge in [0.15, 0.2) is 0 Å². The summed E-state index contributed by atoms with van der Waals surface area (Å²) < 4.78 is 0. The van der Waals surface area contributed by atoms with Crippen molar-refractivity contribution in [3.8, 4) is 0 Å². The van der Waals surface area contributed by atoms with E-state index in [-0.39, 0.29) is 0 Å². The highest BCUT2D eigenvalue weighted by Gasteiger charge is 1.87. The van der Waals surface area contributed by atoms with Crippen molar-refractivity contribution in [1.82, 2.24) is 0 Å². The third kappa shape index (κ3) is 1.91. The third-order valence-electron chi connectivity index (χ3n) is 1.47. The molecule has 0 fully saturated rings. The molecule has 0 radical (unpaired) electrons. The number of rotatable bonds is 1. The van der Waals surface area contributed by atoms with Crippen molar-refractivity contribution in [2.24, 2.45) is 0 Å². The van der Waals surface area contributed by atoms with Crippen LogP contribution in [0.5, 0.6) is 0 Å². The summed E-state index contributed by atoms with van der Waals surface area (Å²) in [5.74, 6) is 0. The highest BCUT2D eigenvalue weighted by Crippen LogP contribution is 2.06. The molecule has 0 heterocycles. The van der Waals surface area contributed by atoms with Crippen molar-refractivity contribution in [1.29, 1.82) is 0 Å². The second-order valence-corrected chi connectivity index (χ2v) is 2.21. The van der Waals surface area contributed by atoms with Crippen LogP contribution in [-0.2, 0) is 0 Å². The van der Waals surface area contributed by atoms with Gasteiger partial charge >= 0.3 is 0 Å². The monoisotopic (exact) mass is 120 g/mol. The van der Waals surface area contributed by atoms with Gasteiger partial charge < -0.3 is 0 Å². The highest BCUT2D eigenvalue weighted by atomic mass is 13.9. The van der Waals surface area contributed by atoms with Crippen LogP contribution in [0.4, 0.5) is 0 Å². The topological polar surface area (TPSA) is 0 Å². The first-order valence-corrected chi connectivity index (χ1v) is 3.54. The Morgan fingerprint density at radius 3 is 3.22 bits per heavy atom. The summed E-state index contributed by atoms with van der Waals surface area (Å²) in [6.45, 7) is 2.16. The van der Waals surface area contributed by atoms with Gasteiger partial charge in [-0.1, -0.05) is 19.1 Å². The lowest BCUT2D eigenvalue weighted by atomic mass is 10.2. The van der Waals surface area contributed by atoms with Crippen molar-refractivity contribution >= 4 is 0 Å². The Morgan fingerprint density at radius 1 is 1.56 bits per heavy atom. The summed E-state index contributed by atoms with van der Waals surface area (Å²) >= 11 is 0. The van der Waals surface area contributed by atoms with E-state index in [0.29, 0.717) is 0 Å². The zero-order valence-corrected chi connectivity index (χ0v) is 5.85. The van der Waals surface area contributed by atoms with E-state index in [1.54, 1.807) is 0 Å². The van der Waals surface area contributed by atoms with Crippen LogP contribution < -0.4 is 0 Å². The molecule has 9 heavy (non-hydrogen) atoms. The minimum Gasteiger partial charge on any atom is -0.122 e. The van der Waals surface area contributed by atoms with Gasteiger partial charge in [-0.05, 0) is 30.9 Å². The molecule has 0 aromatic carbocycles. The Bertz CT molecular complexity index is 166. The van der Waals surface area contributed by atoms with Gasteiger partial charge in [0.1, 0.15) is 0 Å². The summed E-state index contributed by atoms with van der Waals surface area (Å²) in [6, 6.07) is 0. The van der Waals surface area contributed by atoms with E-state index in [1.165, 1.54) is 12.0 Å². The van der Waals surface area contributed by atoms with Crippen molar-refractivity contribution < 1.29 is 0 Å². The second kappa shape index (κ2) is 3.32. The van der Waals surface area contributed by atoms with Crippen LogP contribution in [0.1, 0.15) is 26.2 Å². The van der Waals surface area contributed by atoms with Gasteiger partial charge in [0.05, 0.1) is 0 Å². The Balaban J connectivity index is 2.74.